The number of aromatic amines is 1. The highest BCUT2D eigenvalue weighted by molar-refractivity contribution is 7.89. The summed E-state index contributed by atoms with van der Waals surface area (Å²) in [6, 6.07) is -0.0803. The third kappa shape index (κ3) is 3.04. The Bertz CT molecular complexity index is 385. The second-order valence-corrected chi connectivity index (χ2v) is 5.39. The van der Waals surface area contributed by atoms with Crippen LogP contribution in [0.25, 0.3) is 0 Å². The van der Waals surface area contributed by atoms with Crippen LogP contribution >= 0.6 is 0 Å². The minimum Gasteiger partial charge on any atom is -0.335 e. The zero-order valence-electron chi connectivity index (χ0n) is 9.19. The van der Waals surface area contributed by atoms with Crippen LogP contribution in [0.4, 0.5) is 0 Å². The van der Waals surface area contributed by atoms with Gasteiger partial charge in [0.1, 0.15) is 0 Å². The third-order valence-corrected chi connectivity index (χ3v) is 4.09. The molecule has 0 saturated heterocycles. The Labute approximate surface area is 90.4 Å². The predicted octanol–water partition coefficient (Wildman–Crippen LogP) is 1.12. The van der Waals surface area contributed by atoms with Crippen molar-refractivity contribution in [1.82, 2.24) is 14.7 Å². The van der Waals surface area contributed by atoms with E-state index in [0.717, 1.165) is 6.42 Å². The predicted molar refractivity (Wildman–Crippen MR) is 57.8 cm³/mol. The second-order valence-electron chi connectivity index (χ2n) is 3.71. The molecule has 0 aliphatic heterocycles. The van der Waals surface area contributed by atoms with Crippen LogP contribution in [0.2, 0.25) is 0 Å². The molecule has 0 aromatic carbocycles. The van der Waals surface area contributed by atoms with Gasteiger partial charge < -0.3 is 4.98 Å². The van der Waals surface area contributed by atoms with Gasteiger partial charge >= 0.3 is 0 Å². The van der Waals surface area contributed by atoms with Crippen LogP contribution in [0.1, 0.15) is 27.2 Å². The zero-order valence-corrected chi connectivity index (χ0v) is 10.0. The number of imidazole rings is 1. The third-order valence-electron chi connectivity index (χ3n) is 2.60. The lowest BCUT2D eigenvalue weighted by Gasteiger charge is -2.18. The lowest BCUT2D eigenvalue weighted by atomic mass is 10.0. The Kier molecular flexibility index (Phi) is 3.87. The maximum absolute atomic E-state index is 11.7. The van der Waals surface area contributed by atoms with Gasteiger partial charge in [-0.2, -0.15) is 0 Å². The van der Waals surface area contributed by atoms with E-state index in [4.69, 9.17) is 0 Å². The van der Waals surface area contributed by atoms with Crippen LogP contribution in [0.3, 0.4) is 0 Å². The minimum absolute atomic E-state index is 0.0803. The van der Waals surface area contributed by atoms with Crippen LogP contribution in [0.15, 0.2) is 17.6 Å². The number of H-pyrrole nitrogens is 1. The largest absolute Gasteiger partial charge is 0.335 e. The summed E-state index contributed by atoms with van der Waals surface area (Å²) >= 11 is 0. The van der Waals surface area contributed by atoms with Gasteiger partial charge in [0.15, 0.2) is 5.03 Å². The Morgan fingerprint density at radius 2 is 2.20 bits per heavy atom. The Morgan fingerprint density at radius 1 is 1.53 bits per heavy atom. The van der Waals surface area contributed by atoms with Gasteiger partial charge in [-0.3, -0.25) is 0 Å². The standard InChI is InChI=1S/C9H17N3O2S/c1-4-7(2)8(3)12-15(13,14)9-5-10-6-11-9/h5-8,12H,4H2,1-3H3,(H,10,11). The lowest BCUT2D eigenvalue weighted by Crippen LogP contribution is -2.37. The molecule has 0 spiro atoms. The Balaban J connectivity index is 2.74. The molecular formula is C9H17N3O2S. The minimum atomic E-state index is -3.44. The molecule has 0 bridgehead atoms. The molecule has 6 heteroatoms. The van der Waals surface area contributed by atoms with Crippen molar-refractivity contribution in [3.8, 4) is 0 Å². The molecule has 2 unspecified atom stereocenters. The van der Waals surface area contributed by atoms with E-state index < -0.39 is 10.0 Å². The summed E-state index contributed by atoms with van der Waals surface area (Å²) in [5.41, 5.74) is 0. The van der Waals surface area contributed by atoms with Crippen LogP contribution in [0, 0.1) is 5.92 Å². The van der Waals surface area contributed by atoms with E-state index in [1.165, 1.54) is 12.5 Å². The summed E-state index contributed by atoms with van der Waals surface area (Å²) in [6.07, 6.45) is 3.58. The number of hydrogen-bond donors (Lipinski definition) is 2. The van der Waals surface area contributed by atoms with Gasteiger partial charge in [-0.15, -0.1) is 0 Å². The highest BCUT2D eigenvalue weighted by Gasteiger charge is 2.21. The van der Waals surface area contributed by atoms with Gasteiger partial charge in [-0.25, -0.2) is 18.1 Å². The van der Waals surface area contributed by atoms with Crippen LogP contribution in [-0.4, -0.2) is 24.4 Å². The van der Waals surface area contributed by atoms with E-state index >= 15 is 0 Å². The average molecular weight is 231 g/mol. The number of nitrogens with one attached hydrogen (secondary N) is 2. The number of aromatic nitrogens is 2. The molecule has 1 aromatic heterocycles. The van der Waals surface area contributed by atoms with Crippen molar-refractivity contribution in [1.29, 1.82) is 0 Å². The molecule has 0 radical (unpaired) electrons. The van der Waals surface area contributed by atoms with Crippen molar-refractivity contribution >= 4 is 10.0 Å². The molecule has 1 heterocycles. The highest BCUT2D eigenvalue weighted by Crippen LogP contribution is 2.10. The quantitative estimate of drug-likeness (QED) is 0.797. The molecular weight excluding hydrogens is 214 g/mol. The van der Waals surface area contributed by atoms with Crippen molar-refractivity contribution in [2.45, 2.75) is 38.3 Å². The van der Waals surface area contributed by atoms with E-state index in [2.05, 4.69) is 14.7 Å². The molecule has 0 saturated carbocycles. The van der Waals surface area contributed by atoms with Crippen molar-refractivity contribution in [3.63, 3.8) is 0 Å². The summed E-state index contributed by atoms with van der Waals surface area (Å²) in [6.45, 7) is 5.91. The van der Waals surface area contributed by atoms with Gasteiger partial charge in [-0.1, -0.05) is 20.3 Å². The summed E-state index contributed by atoms with van der Waals surface area (Å²) in [7, 11) is -3.44. The van der Waals surface area contributed by atoms with E-state index in [-0.39, 0.29) is 11.1 Å². The maximum Gasteiger partial charge on any atom is 0.257 e. The summed E-state index contributed by atoms with van der Waals surface area (Å²) in [5, 5.41) is 0.109. The molecule has 0 aliphatic rings. The van der Waals surface area contributed by atoms with Crippen LogP contribution < -0.4 is 4.72 Å². The smallest absolute Gasteiger partial charge is 0.257 e. The van der Waals surface area contributed by atoms with Gasteiger partial charge in [-0.05, 0) is 12.8 Å². The number of nitrogens with zero attached hydrogens (tertiary/aromatic N) is 1. The Morgan fingerprint density at radius 3 is 2.67 bits per heavy atom. The summed E-state index contributed by atoms with van der Waals surface area (Å²) < 4.78 is 26.1. The lowest BCUT2D eigenvalue weighted by molar-refractivity contribution is 0.433. The van der Waals surface area contributed by atoms with E-state index in [9.17, 15) is 8.42 Å². The first-order valence-electron chi connectivity index (χ1n) is 4.98. The maximum atomic E-state index is 11.7. The van der Waals surface area contributed by atoms with E-state index in [1.54, 1.807) is 0 Å². The summed E-state index contributed by atoms with van der Waals surface area (Å²) in [5.74, 6) is 0.308. The fourth-order valence-corrected chi connectivity index (χ4v) is 2.42. The molecule has 5 nitrogen and oxygen atoms in total. The van der Waals surface area contributed by atoms with E-state index in [0.29, 0.717) is 5.92 Å². The van der Waals surface area contributed by atoms with Gasteiger partial charge in [0.2, 0.25) is 0 Å². The molecule has 86 valence electrons. The molecule has 2 N–H and O–H groups in total. The van der Waals surface area contributed by atoms with Gasteiger partial charge in [0.25, 0.3) is 10.0 Å². The van der Waals surface area contributed by atoms with Gasteiger partial charge in [0, 0.05) is 6.04 Å². The van der Waals surface area contributed by atoms with Crippen molar-refractivity contribution in [2.75, 3.05) is 0 Å². The molecule has 0 aliphatic carbocycles. The monoisotopic (exact) mass is 231 g/mol. The molecule has 2 atom stereocenters. The molecule has 0 fully saturated rings. The molecule has 15 heavy (non-hydrogen) atoms. The average Bonchev–Trinajstić information content (AvgIpc) is 2.69. The van der Waals surface area contributed by atoms with Crippen molar-refractivity contribution in [2.24, 2.45) is 5.92 Å². The molecule has 1 aromatic rings. The first-order valence-corrected chi connectivity index (χ1v) is 6.46. The highest BCUT2D eigenvalue weighted by atomic mass is 32.2. The first kappa shape index (κ1) is 12.2. The molecule has 0 amide bonds. The normalized spacial score (nSPS) is 16.2. The zero-order chi connectivity index (χ0) is 11.5. The van der Waals surface area contributed by atoms with E-state index in [1.807, 2.05) is 20.8 Å². The molecule has 1 rings (SSSR count). The summed E-state index contributed by atoms with van der Waals surface area (Å²) in [4.78, 5) is 6.26. The fourth-order valence-electron chi connectivity index (χ4n) is 1.17. The SMILES string of the molecule is CCC(C)C(C)NS(=O)(=O)c1cnc[nH]1. The van der Waals surface area contributed by atoms with Crippen LogP contribution in [-0.2, 0) is 10.0 Å². The van der Waals surface area contributed by atoms with Crippen LogP contribution in [0.5, 0.6) is 0 Å². The number of sulfonamides is 1. The second kappa shape index (κ2) is 4.76. The van der Waals surface area contributed by atoms with Crippen molar-refractivity contribution in [3.05, 3.63) is 12.5 Å². The van der Waals surface area contributed by atoms with Gasteiger partial charge in [0.05, 0.1) is 12.5 Å². The number of rotatable bonds is 5. The topological polar surface area (TPSA) is 74.8 Å². The first-order chi connectivity index (χ1) is 6.97. The Hall–Kier alpha value is -0.880. The fraction of sp³-hybridized carbons (Fsp3) is 0.667. The number of hydrogen-bond acceptors (Lipinski definition) is 3. The van der Waals surface area contributed by atoms with Crippen molar-refractivity contribution < 1.29 is 8.42 Å².